The minimum absolute atomic E-state index is 0.0704. The van der Waals surface area contributed by atoms with E-state index in [0.29, 0.717) is 28.6 Å². The summed E-state index contributed by atoms with van der Waals surface area (Å²) in [6, 6.07) is 5.18. The minimum Gasteiger partial charge on any atom is -0.466 e. The average Bonchev–Trinajstić information content (AvgIpc) is 2.65. The summed E-state index contributed by atoms with van der Waals surface area (Å²) < 4.78 is 10.4. The predicted octanol–water partition coefficient (Wildman–Crippen LogP) is 6.50. The Bertz CT molecular complexity index is 575. The fraction of sp³-hybridized carbons (Fsp3) is 0.619. The average molecular weight is 417 g/mol. The van der Waals surface area contributed by atoms with Crippen LogP contribution in [0.1, 0.15) is 76.7 Å². The van der Waals surface area contributed by atoms with Crippen molar-refractivity contribution in [1.29, 1.82) is 0 Å². The van der Waals surface area contributed by atoms with Crippen LogP contribution in [-0.4, -0.2) is 18.5 Å². The summed E-state index contributed by atoms with van der Waals surface area (Å²) >= 11 is 12.0. The van der Waals surface area contributed by atoms with Crippen molar-refractivity contribution in [2.24, 2.45) is 0 Å². The van der Waals surface area contributed by atoms with Gasteiger partial charge in [0.2, 0.25) is 0 Å². The molecule has 0 amide bonds. The van der Waals surface area contributed by atoms with Crippen LogP contribution < -0.4 is 0 Å². The molecule has 0 fully saturated rings. The van der Waals surface area contributed by atoms with E-state index in [1.807, 2.05) is 0 Å². The second kappa shape index (κ2) is 14.8. The van der Waals surface area contributed by atoms with E-state index in [9.17, 15) is 9.59 Å². The van der Waals surface area contributed by atoms with Crippen molar-refractivity contribution in [2.45, 2.75) is 77.7 Å². The maximum atomic E-state index is 11.8. The van der Waals surface area contributed by atoms with Crippen LogP contribution in [0.2, 0.25) is 10.0 Å². The van der Waals surface area contributed by atoms with E-state index < -0.39 is 0 Å². The van der Waals surface area contributed by atoms with E-state index in [4.69, 9.17) is 32.7 Å². The summed E-state index contributed by atoms with van der Waals surface area (Å²) in [5.41, 5.74) is 0.659. The third kappa shape index (κ3) is 11.2. The Labute approximate surface area is 172 Å². The highest BCUT2D eigenvalue weighted by atomic mass is 35.5. The lowest BCUT2D eigenvalue weighted by molar-refractivity contribution is -0.146. The van der Waals surface area contributed by atoms with Crippen molar-refractivity contribution in [1.82, 2.24) is 0 Å². The molecule has 0 heterocycles. The summed E-state index contributed by atoms with van der Waals surface area (Å²) in [7, 11) is 0. The van der Waals surface area contributed by atoms with Gasteiger partial charge in [-0.15, -0.1) is 0 Å². The highest BCUT2D eigenvalue weighted by Gasteiger charge is 2.10. The summed E-state index contributed by atoms with van der Waals surface area (Å²) in [5.74, 6) is -0.627. The molecule has 6 heteroatoms. The van der Waals surface area contributed by atoms with Crippen LogP contribution in [0.3, 0.4) is 0 Å². The number of benzene rings is 1. The Kier molecular flexibility index (Phi) is 13.0. The number of esters is 2. The minimum atomic E-state index is -0.370. The van der Waals surface area contributed by atoms with E-state index in [1.165, 1.54) is 32.1 Å². The molecule has 4 nitrogen and oxygen atoms in total. The van der Waals surface area contributed by atoms with Crippen LogP contribution in [-0.2, 0) is 25.7 Å². The van der Waals surface area contributed by atoms with Gasteiger partial charge in [-0.2, -0.15) is 0 Å². The molecule has 0 spiro atoms. The summed E-state index contributed by atoms with van der Waals surface area (Å²) in [4.78, 5) is 23.4. The molecule has 1 aromatic carbocycles. The number of hydrogen-bond acceptors (Lipinski definition) is 4. The van der Waals surface area contributed by atoms with Crippen LogP contribution in [0.4, 0.5) is 0 Å². The Balaban J connectivity index is 2.03. The molecule has 0 aliphatic carbocycles. The molecule has 1 aromatic rings. The first-order valence-corrected chi connectivity index (χ1v) is 10.5. The lowest BCUT2D eigenvalue weighted by atomic mass is 10.1. The molecule has 0 saturated carbocycles. The zero-order chi connectivity index (χ0) is 19.9. The first kappa shape index (κ1) is 23.8. The van der Waals surface area contributed by atoms with Crippen LogP contribution >= 0.6 is 23.2 Å². The summed E-state index contributed by atoms with van der Waals surface area (Å²) in [6.07, 6.45) is 9.09. The van der Waals surface area contributed by atoms with Crippen molar-refractivity contribution < 1.29 is 19.1 Å². The monoisotopic (exact) mass is 416 g/mol. The van der Waals surface area contributed by atoms with Crippen LogP contribution in [0.25, 0.3) is 0 Å². The standard InChI is InChI=1S/C21H30Cl2O4/c1-2-3-4-5-6-7-8-15-26-19(24)13-10-14-20(25)27-16-17-11-9-12-18(22)21(17)23/h9,11-12H,2-8,10,13-16H2,1H3. The molecule has 0 N–H and O–H groups in total. The molecular weight excluding hydrogens is 387 g/mol. The fourth-order valence-electron chi connectivity index (χ4n) is 2.58. The maximum Gasteiger partial charge on any atom is 0.306 e. The van der Waals surface area contributed by atoms with E-state index in [2.05, 4.69) is 6.92 Å². The number of unbranched alkanes of at least 4 members (excludes halogenated alkanes) is 6. The van der Waals surface area contributed by atoms with Gasteiger partial charge in [-0.25, -0.2) is 0 Å². The van der Waals surface area contributed by atoms with Crippen LogP contribution in [0.15, 0.2) is 18.2 Å². The predicted molar refractivity (Wildman–Crippen MR) is 109 cm³/mol. The second-order valence-electron chi connectivity index (χ2n) is 6.57. The molecular formula is C21H30Cl2O4. The Hall–Kier alpha value is -1.26. The van der Waals surface area contributed by atoms with Gasteiger partial charge in [-0.05, 0) is 18.9 Å². The molecule has 0 unspecified atom stereocenters. The van der Waals surface area contributed by atoms with Gasteiger partial charge in [0.05, 0.1) is 16.7 Å². The summed E-state index contributed by atoms with van der Waals surface area (Å²) in [5, 5.41) is 0.815. The smallest absolute Gasteiger partial charge is 0.306 e. The Morgan fingerprint density at radius 2 is 1.48 bits per heavy atom. The second-order valence-corrected chi connectivity index (χ2v) is 7.35. The molecule has 0 atom stereocenters. The zero-order valence-corrected chi connectivity index (χ0v) is 17.6. The van der Waals surface area contributed by atoms with Crippen molar-refractivity contribution >= 4 is 35.1 Å². The lowest BCUT2D eigenvalue weighted by Crippen LogP contribution is -2.09. The molecule has 27 heavy (non-hydrogen) atoms. The van der Waals surface area contributed by atoms with Gasteiger partial charge in [0, 0.05) is 18.4 Å². The van der Waals surface area contributed by atoms with Crippen molar-refractivity contribution in [2.75, 3.05) is 6.61 Å². The van der Waals surface area contributed by atoms with E-state index >= 15 is 0 Å². The van der Waals surface area contributed by atoms with Crippen LogP contribution in [0.5, 0.6) is 0 Å². The van der Waals surface area contributed by atoms with Crippen molar-refractivity contribution in [3.8, 4) is 0 Å². The summed E-state index contributed by atoms with van der Waals surface area (Å²) in [6.45, 7) is 2.74. The van der Waals surface area contributed by atoms with Crippen LogP contribution in [0, 0.1) is 0 Å². The first-order valence-electron chi connectivity index (χ1n) is 9.78. The third-order valence-electron chi connectivity index (χ3n) is 4.19. The quantitative estimate of drug-likeness (QED) is 0.256. The lowest BCUT2D eigenvalue weighted by Gasteiger charge is -2.08. The number of carbonyl (C=O) groups excluding carboxylic acids is 2. The van der Waals surface area contributed by atoms with Gasteiger partial charge in [0.1, 0.15) is 6.61 Å². The molecule has 0 aliphatic heterocycles. The molecule has 0 aromatic heterocycles. The SMILES string of the molecule is CCCCCCCCCOC(=O)CCCC(=O)OCc1cccc(Cl)c1Cl. The fourth-order valence-corrected chi connectivity index (χ4v) is 2.96. The van der Waals surface area contributed by atoms with Gasteiger partial charge in [-0.1, -0.05) is 80.8 Å². The first-order chi connectivity index (χ1) is 13.0. The number of carbonyl (C=O) groups is 2. The number of halogens is 2. The zero-order valence-electron chi connectivity index (χ0n) is 16.1. The van der Waals surface area contributed by atoms with Gasteiger partial charge in [0.15, 0.2) is 0 Å². The normalized spacial score (nSPS) is 10.6. The molecule has 0 radical (unpaired) electrons. The highest BCUT2D eigenvalue weighted by Crippen LogP contribution is 2.26. The topological polar surface area (TPSA) is 52.6 Å². The molecule has 0 aliphatic rings. The van der Waals surface area contributed by atoms with Gasteiger partial charge in [0.25, 0.3) is 0 Å². The number of ether oxygens (including phenoxy) is 2. The largest absolute Gasteiger partial charge is 0.466 e. The van der Waals surface area contributed by atoms with Gasteiger partial charge in [-0.3, -0.25) is 9.59 Å². The maximum absolute atomic E-state index is 11.8. The third-order valence-corrected chi connectivity index (χ3v) is 5.05. The Morgan fingerprint density at radius 3 is 2.19 bits per heavy atom. The molecule has 1 rings (SSSR count). The van der Waals surface area contributed by atoms with Crippen molar-refractivity contribution in [3.05, 3.63) is 33.8 Å². The molecule has 152 valence electrons. The molecule has 0 saturated heterocycles. The van der Waals surface area contributed by atoms with E-state index in [-0.39, 0.29) is 31.4 Å². The number of hydrogen-bond donors (Lipinski definition) is 0. The van der Waals surface area contributed by atoms with Gasteiger partial charge >= 0.3 is 11.9 Å². The van der Waals surface area contributed by atoms with E-state index in [0.717, 1.165) is 12.8 Å². The van der Waals surface area contributed by atoms with E-state index in [1.54, 1.807) is 18.2 Å². The number of rotatable bonds is 14. The molecule has 0 bridgehead atoms. The van der Waals surface area contributed by atoms with Gasteiger partial charge < -0.3 is 9.47 Å². The Morgan fingerprint density at radius 1 is 0.852 bits per heavy atom. The highest BCUT2D eigenvalue weighted by molar-refractivity contribution is 6.42. The van der Waals surface area contributed by atoms with Crippen molar-refractivity contribution in [3.63, 3.8) is 0 Å².